The van der Waals surface area contributed by atoms with Gasteiger partial charge in [0.05, 0.1) is 11.1 Å². The van der Waals surface area contributed by atoms with E-state index in [-0.39, 0.29) is 46.1 Å². The third-order valence-corrected chi connectivity index (χ3v) is 5.71. The van der Waals surface area contributed by atoms with Crippen LogP contribution in [0.25, 0.3) is 10.9 Å². The molecule has 148 valence electrons. The summed E-state index contributed by atoms with van der Waals surface area (Å²) < 4.78 is 0. The summed E-state index contributed by atoms with van der Waals surface area (Å²) in [6, 6.07) is 8.07. The summed E-state index contributed by atoms with van der Waals surface area (Å²) in [7, 11) is 0. The number of para-hydroxylation sites is 1. The third-order valence-electron chi connectivity index (χ3n) is 4.96. The number of primary amides is 1. The standard InChI is InChI=1S/C20H18N4O4S/c21-18(26)13-8-29-9-14(13)19(27)22-10-5-11(6-10)23-20(28)16-7-17(25)12-3-1-2-4-15(12)24-16/h1-4,7-11H,5-6H2,(H2,21,26)(H,22,27)(H,23,28)(H,24,25). The third kappa shape index (κ3) is 3.77. The Morgan fingerprint density at radius 3 is 2.38 bits per heavy atom. The van der Waals surface area contributed by atoms with Gasteiger partial charge in [-0.2, -0.15) is 11.3 Å². The summed E-state index contributed by atoms with van der Waals surface area (Å²) in [6.45, 7) is 0. The zero-order valence-electron chi connectivity index (χ0n) is 15.2. The normalized spacial score (nSPS) is 18.1. The molecule has 5 N–H and O–H groups in total. The van der Waals surface area contributed by atoms with Crippen molar-refractivity contribution >= 4 is 40.0 Å². The van der Waals surface area contributed by atoms with Crippen molar-refractivity contribution in [1.29, 1.82) is 0 Å². The second kappa shape index (κ2) is 7.51. The molecule has 1 fully saturated rings. The first-order valence-electron chi connectivity index (χ1n) is 9.02. The lowest BCUT2D eigenvalue weighted by Gasteiger charge is -2.36. The number of aromatic amines is 1. The summed E-state index contributed by atoms with van der Waals surface area (Å²) in [4.78, 5) is 51.2. The average molecular weight is 410 g/mol. The molecule has 8 nitrogen and oxygen atoms in total. The van der Waals surface area contributed by atoms with Crippen LogP contribution in [0.5, 0.6) is 0 Å². The second-order valence-corrected chi connectivity index (χ2v) is 7.71. The topological polar surface area (TPSA) is 134 Å². The molecule has 29 heavy (non-hydrogen) atoms. The van der Waals surface area contributed by atoms with E-state index in [9.17, 15) is 19.2 Å². The number of nitrogens with two attached hydrogens (primary N) is 1. The molecule has 0 saturated heterocycles. The van der Waals surface area contributed by atoms with Crippen LogP contribution in [-0.4, -0.2) is 34.8 Å². The van der Waals surface area contributed by atoms with E-state index in [1.54, 1.807) is 35.0 Å². The van der Waals surface area contributed by atoms with Crippen LogP contribution in [-0.2, 0) is 0 Å². The fraction of sp³-hybridized carbons (Fsp3) is 0.200. The maximum atomic E-state index is 12.5. The van der Waals surface area contributed by atoms with Crippen molar-refractivity contribution in [3.05, 3.63) is 68.1 Å². The van der Waals surface area contributed by atoms with Gasteiger partial charge in [0, 0.05) is 39.8 Å². The second-order valence-electron chi connectivity index (χ2n) is 6.97. The van der Waals surface area contributed by atoms with Gasteiger partial charge in [-0.3, -0.25) is 19.2 Å². The number of rotatable bonds is 5. The van der Waals surface area contributed by atoms with Crippen LogP contribution in [0.1, 0.15) is 44.0 Å². The summed E-state index contributed by atoms with van der Waals surface area (Å²) in [5.41, 5.74) is 6.32. The van der Waals surface area contributed by atoms with Crippen LogP contribution in [0, 0.1) is 0 Å². The molecule has 3 amide bonds. The maximum Gasteiger partial charge on any atom is 0.268 e. The van der Waals surface area contributed by atoms with Crippen LogP contribution in [0.15, 0.2) is 45.9 Å². The van der Waals surface area contributed by atoms with E-state index in [2.05, 4.69) is 15.6 Å². The number of hydrogen-bond donors (Lipinski definition) is 4. The lowest BCUT2D eigenvalue weighted by molar-refractivity contribution is 0.0854. The summed E-state index contributed by atoms with van der Waals surface area (Å²) in [5, 5.41) is 9.36. The van der Waals surface area contributed by atoms with Crippen molar-refractivity contribution in [2.75, 3.05) is 0 Å². The molecular formula is C20H18N4O4S. The van der Waals surface area contributed by atoms with Crippen LogP contribution in [0.2, 0.25) is 0 Å². The van der Waals surface area contributed by atoms with Gasteiger partial charge in [0.25, 0.3) is 11.8 Å². The van der Waals surface area contributed by atoms with Gasteiger partial charge in [-0.05, 0) is 25.0 Å². The van der Waals surface area contributed by atoms with Crippen molar-refractivity contribution in [3.8, 4) is 0 Å². The highest BCUT2D eigenvalue weighted by Gasteiger charge is 2.32. The molecule has 9 heteroatoms. The molecule has 0 spiro atoms. The molecule has 0 atom stereocenters. The Morgan fingerprint density at radius 2 is 1.66 bits per heavy atom. The number of nitrogens with one attached hydrogen (secondary N) is 3. The summed E-state index contributed by atoms with van der Waals surface area (Å²) >= 11 is 1.24. The average Bonchev–Trinajstić information content (AvgIpc) is 3.16. The molecule has 1 aromatic carbocycles. The minimum absolute atomic E-state index is 0.107. The van der Waals surface area contributed by atoms with Crippen LogP contribution < -0.4 is 21.8 Å². The molecule has 1 aliphatic carbocycles. The Labute approximate surface area is 169 Å². The van der Waals surface area contributed by atoms with E-state index in [1.165, 1.54) is 17.4 Å². The predicted octanol–water partition coefficient (Wildman–Crippen LogP) is 1.38. The molecule has 2 heterocycles. The smallest absolute Gasteiger partial charge is 0.268 e. The van der Waals surface area contributed by atoms with Crippen molar-refractivity contribution in [1.82, 2.24) is 15.6 Å². The number of carbonyl (C=O) groups is 3. The van der Waals surface area contributed by atoms with E-state index in [1.807, 2.05) is 0 Å². The lowest BCUT2D eigenvalue weighted by Crippen LogP contribution is -2.54. The Hall–Kier alpha value is -3.46. The number of carbonyl (C=O) groups excluding carboxylic acids is 3. The summed E-state index contributed by atoms with van der Waals surface area (Å²) in [6.07, 6.45) is 1.12. The lowest BCUT2D eigenvalue weighted by atomic mass is 9.86. The van der Waals surface area contributed by atoms with E-state index >= 15 is 0 Å². The number of thiophene rings is 1. The van der Waals surface area contributed by atoms with Crippen molar-refractivity contribution < 1.29 is 14.4 Å². The number of hydrogen-bond acceptors (Lipinski definition) is 5. The van der Waals surface area contributed by atoms with Gasteiger partial charge in [0.2, 0.25) is 5.91 Å². The van der Waals surface area contributed by atoms with Crippen LogP contribution in [0.3, 0.4) is 0 Å². The fourth-order valence-electron chi connectivity index (χ4n) is 3.36. The Bertz CT molecular complexity index is 1180. The number of H-pyrrole nitrogens is 1. The van der Waals surface area contributed by atoms with Gasteiger partial charge in [0.15, 0.2) is 5.43 Å². The van der Waals surface area contributed by atoms with E-state index < -0.39 is 5.91 Å². The zero-order chi connectivity index (χ0) is 20.5. The largest absolute Gasteiger partial charge is 0.366 e. The SMILES string of the molecule is NC(=O)c1cscc1C(=O)NC1CC(NC(=O)c2cc(=O)c3ccccc3[nH]2)C1. The highest BCUT2D eigenvalue weighted by molar-refractivity contribution is 7.08. The first-order valence-corrected chi connectivity index (χ1v) is 9.96. The number of aromatic nitrogens is 1. The van der Waals surface area contributed by atoms with E-state index in [0.717, 1.165) is 0 Å². The molecular weight excluding hydrogens is 392 g/mol. The highest BCUT2D eigenvalue weighted by Crippen LogP contribution is 2.22. The minimum Gasteiger partial charge on any atom is -0.366 e. The molecule has 4 rings (SSSR count). The van der Waals surface area contributed by atoms with Crippen molar-refractivity contribution in [2.45, 2.75) is 24.9 Å². The van der Waals surface area contributed by atoms with Crippen molar-refractivity contribution in [3.63, 3.8) is 0 Å². The molecule has 0 radical (unpaired) electrons. The summed E-state index contributed by atoms with van der Waals surface area (Å²) in [5.74, 6) is -1.36. The minimum atomic E-state index is -0.639. The first kappa shape index (κ1) is 18.9. The molecule has 0 bridgehead atoms. The van der Waals surface area contributed by atoms with Gasteiger partial charge in [-0.1, -0.05) is 12.1 Å². The predicted molar refractivity (Wildman–Crippen MR) is 109 cm³/mol. The van der Waals surface area contributed by atoms with Gasteiger partial charge < -0.3 is 21.4 Å². The molecule has 0 unspecified atom stereocenters. The Morgan fingerprint density at radius 1 is 1.00 bits per heavy atom. The van der Waals surface area contributed by atoms with Crippen LogP contribution in [0.4, 0.5) is 0 Å². The van der Waals surface area contributed by atoms with Crippen LogP contribution >= 0.6 is 11.3 Å². The number of pyridine rings is 1. The van der Waals surface area contributed by atoms with Gasteiger partial charge in [-0.15, -0.1) is 0 Å². The first-order chi connectivity index (χ1) is 13.9. The van der Waals surface area contributed by atoms with Gasteiger partial charge in [-0.25, -0.2) is 0 Å². The maximum absolute atomic E-state index is 12.5. The van der Waals surface area contributed by atoms with Crippen molar-refractivity contribution in [2.24, 2.45) is 5.73 Å². The van der Waals surface area contributed by atoms with Gasteiger partial charge in [0.1, 0.15) is 5.69 Å². The molecule has 2 aromatic heterocycles. The zero-order valence-corrected chi connectivity index (χ0v) is 16.0. The number of amides is 3. The Kier molecular flexibility index (Phi) is 4.89. The highest BCUT2D eigenvalue weighted by atomic mass is 32.1. The molecule has 1 aliphatic rings. The quantitative estimate of drug-likeness (QED) is 0.505. The molecule has 1 saturated carbocycles. The number of fused-ring (bicyclic) bond motifs is 1. The van der Waals surface area contributed by atoms with E-state index in [4.69, 9.17) is 5.73 Å². The molecule has 0 aliphatic heterocycles. The van der Waals surface area contributed by atoms with E-state index in [0.29, 0.717) is 23.7 Å². The Balaban J connectivity index is 1.34. The van der Waals surface area contributed by atoms with Gasteiger partial charge >= 0.3 is 0 Å². The fourth-order valence-corrected chi connectivity index (χ4v) is 4.18. The number of benzene rings is 1. The monoisotopic (exact) mass is 410 g/mol. The molecule has 3 aromatic rings.